The Balaban J connectivity index is 1.56. The van der Waals surface area contributed by atoms with Gasteiger partial charge in [0.1, 0.15) is 0 Å². The Bertz CT molecular complexity index is 343. The molecule has 24 heavy (non-hydrogen) atoms. The average molecular weight is 341 g/mol. The van der Waals surface area contributed by atoms with Crippen molar-refractivity contribution in [2.75, 3.05) is 0 Å². The van der Waals surface area contributed by atoms with Gasteiger partial charge < -0.3 is 0 Å². The molecule has 0 amide bonds. The molecule has 0 aromatic heterocycles. The fourth-order valence-corrected chi connectivity index (χ4v) is 5.12. The molecule has 0 aromatic carbocycles. The van der Waals surface area contributed by atoms with Gasteiger partial charge in [0.05, 0.1) is 0 Å². The highest BCUT2D eigenvalue weighted by Crippen LogP contribution is 2.42. The molecule has 2 rings (SSSR count). The van der Waals surface area contributed by atoms with Gasteiger partial charge in [-0.05, 0) is 68.3 Å². The van der Waals surface area contributed by atoms with Crippen LogP contribution in [0.3, 0.4) is 0 Å². The maximum absolute atomic E-state index is 12.4. The largest absolute Gasteiger partial charge is 0.266 e. The smallest absolute Gasteiger partial charge is 0.174 e. The minimum Gasteiger partial charge on any atom is -0.174 e. The first kappa shape index (κ1) is 19.9. The molecule has 0 N–H and O–H groups in total. The van der Waals surface area contributed by atoms with E-state index in [2.05, 4.69) is 6.92 Å². The van der Waals surface area contributed by atoms with Crippen molar-refractivity contribution >= 4 is 0 Å². The molecule has 2 aliphatic rings. The number of hydrogen-bond acceptors (Lipinski definition) is 0. The van der Waals surface area contributed by atoms with E-state index in [0.717, 1.165) is 30.6 Å². The fourth-order valence-electron chi connectivity index (χ4n) is 5.12. The van der Waals surface area contributed by atoms with E-state index >= 15 is 0 Å². The van der Waals surface area contributed by atoms with E-state index in [1.165, 1.54) is 89.5 Å². The summed E-state index contributed by atoms with van der Waals surface area (Å²) < 4.78 is 24.7. The number of hydrogen-bond donors (Lipinski definition) is 0. The zero-order valence-corrected chi connectivity index (χ0v) is 15.7. The summed E-state index contributed by atoms with van der Waals surface area (Å²) in [5, 5.41) is 0. The summed E-state index contributed by atoms with van der Waals surface area (Å²) in [6.07, 6.45) is 19.6. The van der Waals surface area contributed by atoms with Gasteiger partial charge in [0.25, 0.3) is 6.08 Å². The first-order valence-electron chi connectivity index (χ1n) is 10.7. The van der Waals surface area contributed by atoms with Gasteiger partial charge in [0.15, 0.2) is 0 Å². The van der Waals surface area contributed by atoms with Crippen LogP contribution in [0.15, 0.2) is 12.2 Å². The first-order chi connectivity index (χ1) is 11.7. The van der Waals surface area contributed by atoms with Crippen LogP contribution < -0.4 is 0 Å². The summed E-state index contributed by atoms with van der Waals surface area (Å²) in [4.78, 5) is 0. The van der Waals surface area contributed by atoms with E-state index in [-0.39, 0.29) is 5.92 Å². The van der Waals surface area contributed by atoms with Crippen LogP contribution in [0.1, 0.15) is 103 Å². The van der Waals surface area contributed by atoms with Gasteiger partial charge in [0.2, 0.25) is 0 Å². The van der Waals surface area contributed by atoms with Gasteiger partial charge in [-0.25, -0.2) is 0 Å². The lowest BCUT2D eigenvalue weighted by Crippen LogP contribution is -2.25. The van der Waals surface area contributed by atoms with Gasteiger partial charge >= 0.3 is 0 Å². The summed E-state index contributed by atoms with van der Waals surface area (Å²) in [7, 11) is 0. The molecule has 0 bridgehead atoms. The molecule has 0 aromatic rings. The molecule has 0 radical (unpaired) electrons. The second-order valence-corrected chi connectivity index (χ2v) is 8.47. The van der Waals surface area contributed by atoms with Crippen LogP contribution in [-0.2, 0) is 0 Å². The summed E-state index contributed by atoms with van der Waals surface area (Å²) in [6.45, 7) is 2.28. The van der Waals surface area contributed by atoms with Crippen molar-refractivity contribution in [3.8, 4) is 0 Å². The van der Waals surface area contributed by atoms with Crippen molar-refractivity contribution < 1.29 is 8.78 Å². The van der Waals surface area contributed by atoms with Crippen LogP contribution in [0.4, 0.5) is 8.78 Å². The Morgan fingerprint density at radius 2 is 1.29 bits per heavy atom. The molecule has 2 fully saturated rings. The molecular formula is C22H38F2. The van der Waals surface area contributed by atoms with Gasteiger partial charge in [-0.1, -0.05) is 64.7 Å². The lowest BCUT2D eigenvalue weighted by atomic mass is 9.68. The van der Waals surface area contributed by atoms with Crippen LogP contribution >= 0.6 is 0 Å². The Kier molecular flexibility index (Phi) is 9.35. The zero-order chi connectivity index (χ0) is 17.2. The molecule has 140 valence electrons. The Morgan fingerprint density at radius 3 is 1.88 bits per heavy atom. The maximum Gasteiger partial charge on any atom is 0.266 e. The van der Waals surface area contributed by atoms with Crippen molar-refractivity contribution in [3.05, 3.63) is 12.2 Å². The molecule has 0 saturated heterocycles. The third-order valence-electron chi connectivity index (χ3n) is 6.70. The lowest BCUT2D eigenvalue weighted by molar-refractivity contribution is 0.150. The van der Waals surface area contributed by atoms with Crippen molar-refractivity contribution in [1.29, 1.82) is 0 Å². The second-order valence-electron chi connectivity index (χ2n) is 8.47. The number of rotatable bonds is 9. The normalized spacial score (nSPS) is 31.0. The Hall–Kier alpha value is -0.400. The quantitative estimate of drug-likeness (QED) is 0.372. The van der Waals surface area contributed by atoms with Gasteiger partial charge in [-0.3, -0.25) is 0 Å². The predicted molar refractivity (Wildman–Crippen MR) is 99.2 cm³/mol. The highest BCUT2D eigenvalue weighted by molar-refractivity contribution is 4.92. The highest BCUT2D eigenvalue weighted by Gasteiger charge is 2.30. The molecule has 0 unspecified atom stereocenters. The van der Waals surface area contributed by atoms with Crippen molar-refractivity contribution in [2.24, 2.45) is 23.7 Å². The van der Waals surface area contributed by atoms with Crippen LogP contribution in [0.2, 0.25) is 0 Å². The van der Waals surface area contributed by atoms with Crippen LogP contribution in [0, 0.1) is 23.7 Å². The lowest BCUT2D eigenvalue weighted by Gasteiger charge is -2.37. The second kappa shape index (κ2) is 11.3. The maximum atomic E-state index is 12.4. The first-order valence-corrected chi connectivity index (χ1v) is 10.7. The molecule has 2 heteroatoms. The molecule has 0 aliphatic heterocycles. The molecular weight excluding hydrogens is 302 g/mol. The van der Waals surface area contributed by atoms with E-state index in [9.17, 15) is 8.78 Å². The Morgan fingerprint density at radius 1 is 0.750 bits per heavy atom. The van der Waals surface area contributed by atoms with Crippen LogP contribution in [0.5, 0.6) is 0 Å². The number of unbranched alkanes of at least 4 members (excludes halogenated alkanes) is 5. The molecule has 0 heterocycles. The molecule has 0 spiro atoms. The standard InChI is InChI=1S/C22H38F2/c1-2-3-4-5-6-7-8-18-9-13-20(14-10-18)21-15-11-19(12-16-21)17-22(23)24/h17-21H,2-16H2,1H3. The van der Waals surface area contributed by atoms with E-state index in [1.807, 2.05) is 0 Å². The SMILES string of the molecule is CCCCCCCCC1CCC(C2CCC(C=C(F)F)CC2)CC1. The van der Waals surface area contributed by atoms with E-state index < -0.39 is 6.08 Å². The summed E-state index contributed by atoms with van der Waals surface area (Å²) in [5.41, 5.74) is 0. The minimum atomic E-state index is -1.48. The highest BCUT2D eigenvalue weighted by atomic mass is 19.3. The van der Waals surface area contributed by atoms with Crippen molar-refractivity contribution in [3.63, 3.8) is 0 Å². The van der Waals surface area contributed by atoms with Gasteiger partial charge in [0, 0.05) is 0 Å². The monoisotopic (exact) mass is 340 g/mol. The summed E-state index contributed by atoms with van der Waals surface area (Å²) in [6, 6.07) is 0. The topological polar surface area (TPSA) is 0 Å². The average Bonchev–Trinajstić information content (AvgIpc) is 2.59. The summed E-state index contributed by atoms with van der Waals surface area (Å²) in [5.74, 6) is 2.85. The van der Waals surface area contributed by atoms with Gasteiger partial charge in [-0.2, -0.15) is 8.78 Å². The van der Waals surface area contributed by atoms with E-state index in [4.69, 9.17) is 0 Å². The third-order valence-corrected chi connectivity index (χ3v) is 6.70. The molecule has 0 atom stereocenters. The number of allylic oxidation sites excluding steroid dienone is 1. The van der Waals surface area contributed by atoms with Crippen molar-refractivity contribution in [1.82, 2.24) is 0 Å². The van der Waals surface area contributed by atoms with Crippen molar-refractivity contribution in [2.45, 2.75) is 103 Å². The third kappa shape index (κ3) is 7.23. The van der Waals surface area contributed by atoms with E-state index in [0.29, 0.717) is 0 Å². The predicted octanol–water partition coefficient (Wildman–Crippen LogP) is 8.13. The molecule has 2 aliphatic carbocycles. The van der Waals surface area contributed by atoms with Gasteiger partial charge in [-0.15, -0.1) is 0 Å². The van der Waals surface area contributed by atoms with E-state index in [1.54, 1.807) is 0 Å². The molecule has 0 nitrogen and oxygen atoms in total. The summed E-state index contributed by atoms with van der Waals surface area (Å²) >= 11 is 0. The van der Waals surface area contributed by atoms with Crippen LogP contribution in [0.25, 0.3) is 0 Å². The van der Waals surface area contributed by atoms with Crippen LogP contribution in [-0.4, -0.2) is 0 Å². The number of halogens is 2. The minimum absolute atomic E-state index is 0.148. The fraction of sp³-hybridized carbons (Fsp3) is 0.909. The zero-order valence-electron chi connectivity index (χ0n) is 15.7. The Labute approximate surface area is 148 Å². The molecule has 2 saturated carbocycles.